The van der Waals surface area contributed by atoms with Gasteiger partial charge in [-0.2, -0.15) is 5.26 Å². The zero-order chi connectivity index (χ0) is 25.9. The van der Waals surface area contributed by atoms with E-state index in [0.29, 0.717) is 35.2 Å². The van der Waals surface area contributed by atoms with Gasteiger partial charge in [0.25, 0.3) is 11.8 Å². The molecule has 182 valence electrons. The molecule has 0 atom stereocenters. The first-order chi connectivity index (χ1) is 18.0. The van der Waals surface area contributed by atoms with Gasteiger partial charge >= 0.3 is 5.97 Å². The Morgan fingerprint density at radius 3 is 2.32 bits per heavy atom. The fourth-order valence-corrected chi connectivity index (χ4v) is 4.48. The van der Waals surface area contributed by atoms with E-state index in [9.17, 15) is 19.2 Å². The third-order valence-electron chi connectivity index (χ3n) is 6.27. The molecule has 8 heteroatoms. The molecular formula is C29H21N3O5. The van der Waals surface area contributed by atoms with E-state index in [-0.39, 0.29) is 29.7 Å². The number of ether oxygens (including phenoxy) is 1. The first-order valence-corrected chi connectivity index (χ1v) is 11.7. The van der Waals surface area contributed by atoms with Crippen LogP contribution in [-0.4, -0.2) is 39.6 Å². The Labute approximate surface area is 212 Å². The number of carbonyl (C=O) groups excluding carboxylic acids is 4. The second kappa shape index (κ2) is 9.91. The predicted octanol–water partition coefficient (Wildman–Crippen LogP) is 4.39. The van der Waals surface area contributed by atoms with Gasteiger partial charge in [0, 0.05) is 29.2 Å². The molecule has 0 radical (unpaired) electrons. The Hall–Kier alpha value is -5.03. The summed E-state index contributed by atoms with van der Waals surface area (Å²) in [6.45, 7) is 0.00625. The van der Waals surface area contributed by atoms with Crippen LogP contribution in [0.15, 0.2) is 79.0 Å². The quantitative estimate of drug-likeness (QED) is 0.205. The number of imide groups is 1. The molecule has 0 spiro atoms. The molecule has 0 N–H and O–H groups in total. The number of nitriles is 1. The Morgan fingerprint density at radius 1 is 0.892 bits per heavy atom. The SMILES string of the molecule is N#CCCn1cc(C(=O)COC(=O)c2cccc(CN3C(=O)c4ccccc4C3=O)c2)c2ccccc21. The Bertz CT molecular complexity index is 1580. The molecule has 1 aromatic heterocycles. The standard InChI is InChI=1S/C29H21N3O5/c30-13-6-14-31-17-24(21-9-3-4-12-25(21)31)26(33)18-37-29(36)20-8-5-7-19(15-20)16-32-27(34)22-10-1-2-11-23(22)28(32)35/h1-5,7-12,15,17H,6,14,16,18H2. The summed E-state index contributed by atoms with van der Waals surface area (Å²) in [4.78, 5) is 52.1. The van der Waals surface area contributed by atoms with Crippen molar-refractivity contribution in [1.82, 2.24) is 9.47 Å². The fourth-order valence-electron chi connectivity index (χ4n) is 4.48. The highest BCUT2D eigenvalue weighted by Crippen LogP contribution is 2.25. The summed E-state index contributed by atoms with van der Waals surface area (Å²) in [5.41, 5.74) is 2.74. The monoisotopic (exact) mass is 491 g/mol. The van der Waals surface area contributed by atoms with Gasteiger partial charge in [0.1, 0.15) is 0 Å². The molecule has 1 aliphatic rings. The highest BCUT2D eigenvalue weighted by molar-refractivity contribution is 6.21. The molecule has 0 saturated heterocycles. The van der Waals surface area contributed by atoms with Crippen molar-refractivity contribution in [2.24, 2.45) is 0 Å². The van der Waals surface area contributed by atoms with E-state index in [2.05, 4.69) is 6.07 Å². The number of hydrogen-bond donors (Lipinski definition) is 0. The second-order valence-corrected chi connectivity index (χ2v) is 8.60. The topological polar surface area (TPSA) is 109 Å². The maximum atomic E-state index is 12.9. The molecule has 2 heterocycles. The third kappa shape index (κ3) is 4.50. The lowest BCUT2D eigenvalue weighted by Gasteiger charge is -2.14. The van der Waals surface area contributed by atoms with Crippen molar-refractivity contribution in [3.63, 3.8) is 0 Å². The van der Waals surface area contributed by atoms with Gasteiger partial charge < -0.3 is 9.30 Å². The average molecular weight is 492 g/mol. The number of amides is 2. The fraction of sp³-hybridized carbons (Fsp3) is 0.138. The Balaban J connectivity index is 1.27. The summed E-state index contributed by atoms with van der Waals surface area (Å²) in [5.74, 6) is -1.81. The summed E-state index contributed by atoms with van der Waals surface area (Å²) in [7, 11) is 0. The Morgan fingerprint density at radius 2 is 1.59 bits per heavy atom. The number of benzene rings is 3. The highest BCUT2D eigenvalue weighted by atomic mass is 16.5. The van der Waals surface area contributed by atoms with Crippen molar-refractivity contribution in [3.8, 4) is 6.07 Å². The van der Waals surface area contributed by atoms with Crippen molar-refractivity contribution >= 4 is 34.5 Å². The zero-order valence-corrected chi connectivity index (χ0v) is 19.7. The molecule has 2 amide bonds. The number of para-hydroxylation sites is 1. The highest BCUT2D eigenvalue weighted by Gasteiger charge is 2.35. The molecule has 8 nitrogen and oxygen atoms in total. The summed E-state index contributed by atoms with van der Waals surface area (Å²) < 4.78 is 7.15. The van der Waals surface area contributed by atoms with Gasteiger partial charge in [-0.3, -0.25) is 19.3 Å². The van der Waals surface area contributed by atoms with Crippen LogP contribution in [0.3, 0.4) is 0 Å². The number of ketones is 1. The number of Topliss-reactive ketones (excluding diaryl/α,β-unsaturated/α-hetero) is 1. The molecule has 4 aromatic rings. The minimum Gasteiger partial charge on any atom is -0.454 e. The first-order valence-electron chi connectivity index (χ1n) is 11.7. The lowest BCUT2D eigenvalue weighted by molar-refractivity contribution is 0.0475. The second-order valence-electron chi connectivity index (χ2n) is 8.60. The number of hydrogen-bond acceptors (Lipinski definition) is 6. The lowest BCUT2D eigenvalue weighted by atomic mass is 10.1. The summed E-state index contributed by atoms with van der Waals surface area (Å²) in [6.07, 6.45) is 1.99. The van der Waals surface area contributed by atoms with Crippen molar-refractivity contribution < 1.29 is 23.9 Å². The molecule has 0 bridgehead atoms. The molecule has 0 unspecified atom stereocenters. The van der Waals surface area contributed by atoms with E-state index in [0.717, 1.165) is 15.8 Å². The van der Waals surface area contributed by atoms with Gasteiger partial charge in [0.2, 0.25) is 5.78 Å². The van der Waals surface area contributed by atoms with E-state index in [1.165, 1.54) is 0 Å². The van der Waals surface area contributed by atoms with Crippen LogP contribution in [0.2, 0.25) is 0 Å². The van der Waals surface area contributed by atoms with Crippen LogP contribution in [0.5, 0.6) is 0 Å². The summed E-state index contributed by atoms with van der Waals surface area (Å²) in [6, 6.07) is 22.5. The number of carbonyl (C=O) groups is 4. The molecule has 1 aliphatic heterocycles. The number of aromatic nitrogens is 1. The minimum absolute atomic E-state index is 0.00853. The normalized spacial score (nSPS) is 12.5. The van der Waals surface area contributed by atoms with Crippen molar-refractivity contribution in [2.45, 2.75) is 19.5 Å². The Kier molecular flexibility index (Phi) is 6.35. The van der Waals surface area contributed by atoms with Crippen molar-refractivity contribution in [2.75, 3.05) is 6.61 Å². The van der Waals surface area contributed by atoms with Crippen LogP contribution in [-0.2, 0) is 17.8 Å². The van der Waals surface area contributed by atoms with Gasteiger partial charge in [0.15, 0.2) is 6.61 Å². The van der Waals surface area contributed by atoms with Crippen molar-refractivity contribution in [3.05, 3.63) is 107 Å². The van der Waals surface area contributed by atoms with Crippen LogP contribution in [0, 0.1) is 11.3 Å². The molecule has 0 fully saturated rings. The maximum absolute atomic E-state index is 12.9. The molecule has 37 heavy (non-hydrogen) atoms. The smallest absolute Gasteiger partial charge is 0.338 e. The van der Waals surface area contributed by atoms with Crippen molar-refractivity contribution in [1.29, 1.82) is 5.26 Å². The van der Waals surface area contributed by atoms with Gasteiger partial charge in [0.05, 0.1) is 35.7 Å². The van der Waals surface area contributed by atoms with Gasteiger partial charge in [-0.15, -0.1) is 0 Å². The zero-order valence-electron chi connectivity index (χ0n) is 19.7. The van der Waals surface area contributed by atoms with Crippen LogP contribution >= 0.6 is 0 Å². The van der Waals surface area contributed by atoms with E-state index in [1.54, 1.807) is 54.7 Å². The minimum atomic E-state index is -0.689. The van der Waals surface area contributed by atoms with E-state index >= 15 is 0 Å². The molecule has 0 saturated carbocycles. The largest absolute Gasteiger partial charge is 0.454 e. The number of rotatable bonds is 8. The van der Waals surface area contributed by atoms with E-state index < -0.39 is 12.6 Å². The van der Waals surface area contributed by atoms with Crippen LogP contribution < -0.4 is 0 Å². The number of fused-ring (bicyclic) bond motifs is 2. The van der Waals surface area contributed by atoms with Gasteiger partial charge in [-0.1, -0.05) is 42.5 Å². The van der Waals surface area contributed by atoms with Crippen LogP contribution in [0.4, 0.5) is 0 Å². The van der Waals surface area contributed by atoms with Crippen LogP contribution in [0.1, 0.15) is 53.4 Å². The average Bonchev–Trinajstić information content (AvgIpc) is 3.42. The lowest BCUT2D eigenvalue weighted by Crippen LogP contribution is -2.29. The first kappa shape index (κ1) is 23.7. The molecule has 3 aromatic carbocycles. The summed E-state index contributed by atoms with van der Waals surface area (Å²) >= 11 is 0. The molecular weight excluding hydrogens is 470 g/mol. The predicted molar refractivity (Wildman–Crippen MR) is 134 cm³/mol. The number of nitrogens with zero attached hydrogens (tertiary/aromatic N) is 3. The number of esters is 1. The third-order valence-corrected chi connectivity index (χ3v) is 6.27. The number of aryl methyl sites for hydroxylation is 1. The van der Waals surface area contributed by atoms with Gasteiger partial charge in [-0.25, -0.2) is 4.79 Å². The molecule has 5 rings (SSSR count). The van der Waals surface area contributed by atoms with Gasteiger partial charge in [-0.05, 0) is 35.9 Å². The van der Waals surface area contributed by atoms with E-state index in [1.807, 2.05) is 28.8 Å². The maximum Gasteiger partial charge on any atom is 0.338 e. The summed E-state index contributed by atoms with van der Waals surface area (Å²) in [5, 5.41) is 9.64. The molecule has 0 aliphatic carbocycles. The van der Waals surface area contributed by atoms with Crippen LogP contribution in [0.25, 0.3) is 10.9 Å². The van der Waals surface area contributed by atoms with E-state index in [4.69, 9.17) is 10.00 Å².